The van der Waals surface area contributed by atoms with Gasteiger partial charge in [-0.1, -0.05) is 25.0 Å². The Morgan fingerprint density at radius 1 is 1.14 bits per heavy atom. The van der Waals surface area contributed by atoms with E-state index in [1.807, 2.05) is 6.08 Å². The molecular weight excluding hydrogens is 454 g/mol. The van der Waals surface area contributed by atoms with Gasteiger partial charge in [-0.05, 0) is 74.4 Å². The minimum absolute atomic E-state index is 0.340. The van der Waals surface area contributed by atoms with Crippen LogP contribution in [0.3, 0.4) is 0 Å². The molecule has 2 fully saturated rings. The van der Waals surface area contributed by atoms with E-state index in [1.165, 1.54) is 49.8 Å². The Morgan fingerprint density at radius 3 is 2.37 bits per heavy atom. The van der Waals surface area contributed by atoms with E-state index >= 15 is 0 Å². The van der Waals surface area contributed by atoms with Crippen molar-refractivity contribution >= 4 is 17.9 Å². The molecule has 1 aliphatic heterocycles. The Labute approximate surface area is 204 Å². The Hall–Kier alpha value is -2.91. The number of hydrogen-bond donors (Lipinski definition) is 5. The molecule has 5 N–H and O–H groups in total. The Balaban J connectivity index is 0.000000228. The van der Waals surface area contributed by atoms with Crippen LogP contribution in [-0.2, 0) is 32.6 Å². The fourth-order valence-electron chi connectivity index (χ4n) is 6.33. The van der Waals surface area contributed by atoms with Crippen LogP contribution in [-0.4, -0.2) is 73.6 Å². The van der Waals surface area contributed by atoms with Gasteiger partial charge in [0.1, 0.15) is 5.75 Å². The molecule has 1 saturated heterocycles. The van der Waals surface area contributed by atoms with Crippen LogP contribution < -0.4 is 0 Å². The van der Waals surface area contributed by atoms with Crippen LogP contribution in [0.4, 0.5) is 0 Å². The number of aliphatic hydroxyl groups is 1. The molecule has 3 aliphatic rings. The lowest BCUT2D eigenvalue weighted by Crippen LogP contribution is -2.59. The van der Waals surface area contributed by atoms with Crippen molar-refractivity contribution in [3.8, 4) is 5.75 Å². The molecule has 9 heteroatoms. The van der Waals surface area contributed by atoms with Crippen LogP contribution >= 0.6 is 0 Å². The monoisotopic (exact) mass is 489 g/mol. The topological polar surface area (TPSA) is 156 Å². The van der Waals surface area contributed by atoms with E-state index < -0.39 is 36.4 Å². The third-order valence-corrected chi connectivity index (χ3v) is 7.96. The number of benzene rings is 1. The van der Waals surface area contributed by atoms with Crippen LogP contribution in [0.15, 0.2) is 24.8 Å². The lowest BCUT2D eigenvalue weighted by Gasteiger charge is -2.58. The zero-order valence-corrected chi connectivity index (χ0v) is 20.1. The van der Waals surface area contributed by atoms with Crippen LogP contribution in [0.5, 0.6) is 5.75 Å². The molecule has 2 bridgehead atoms. The number of likely N-dealkylation sites (tertiary alicyclic amines) is 1. The molecule has 1 aromatic carbocycles. The number of likely N-dealkylation sites (N-methyl/N-ethyl adjacent to an activating group) is 1. The zero-order chi connectivity index (χ0) is 26.0. The Bertz CT molecular complexity index is 989. The molecular formula is C26H35NO8. The maximum Gasteiger partial charge on any atom is 0.336 e. The summed E-state index contributed by atoms with van der Waals surface area (Å²) >= 11 is 0. The maximum absolute atomic E-state index is 10.5. The number of allylic oxidation sites excluding steroid dienone is 1. The number of nitrogens with zero attached hydrogens (tertiary/aromatic N) is 1. The number of hydrogen-bond acceptors (Lipinski definition) is 6. The SMILES string of the molecule is C=CCc1cc2c(cc1O)[C@]13CCCC[C@H]1[C@H](C2)N(C)CC3.O=C(O)CC(O)(CC(=O)O)C(=O)O. The van der Waals surface area contributed by atoms with Gasteiger partial charge in [-0.25, -0.2) is 4.79 Å². The smallest absolute Gasteiger partial charge is 0.336 e. The fraction of sp³-hybridized carbons (Fsp3) is 0.577. The minimum Gasteiger partial charge on any atom is -0.508 e. The molecule has 1 saturated carbocycles. The largest absolute Gasteiger partial charge is 0.508 e. The van der Waals surface area contributed by atoms with Crippen molar-refractivity contribution in [1.82, 2.24) is 4.90 Å². The highest BCUT2D eigenvalue weighted by atomic mass is 16.4. The Kier molecular flexibility index (Phi) is 7.91. The number of aromatic hydroxyl groups is 1. The number of piperidine rings is 1. The minimum atomic E-state index is -2.74. The average molecular weight is 490 g/mol. The number of phenols is 1. The first-order chi connectivity index (χ1) is 16.4. The molecule has 0 radical (unpaired) electrons. The van der Waals surface area contributed by atoms with Crippen molar-refractivity contribution < 1.29 is 39.9 Å². The van der Waals surface area contributed by atoms with E-state index in [9.17, 15) is 19.5 Å². The van der Waals surface area contributed by atoms with Crippen molar-refractivity contribution in [2.75, 3.05) is 13.6 Å². The van der Waals surface area contributed by atoms with Gasteiger partial charge in [0.2, 0.25) is 0 Å². The first-order valence-electron chi connectivity index (χ1n) is 12.0. The molecule has 1 heterocycles. The summed E-state index contributed by atoms with van der Waals surface area (Å²) in [5.41, 5.74) is 1.61. The predicted octanol–water partition coefficient (Wildman–Crippen LogP) is 2.56. The first kappa shape index (κ1) is 26.7. The van der Waals surface area contributed by atoms with Gasteiger partial charge in [-0.3, -0.25) is 9.59 Å². The van der Waals surface area contributed by atoms with Crippen LogP contribution in [0, 0.1) is 5.92 Å². The summed E-state index contributed by atoms with van der Waals surface area (Å²) in [4.78, 5) is 33.1. The molecule has 0 amide bonds. The number of carbonyl (C=O) groups is 3. The lowest BCUT2D eigenvalue weighted by atomic mass is 9.52. The number of phenolic OH excluding ortho intramolecular Hbond substituents is 1. The van der Waals surface area contributed by atoms with E-state index in [0.29, 0.717) is 17.2 Å². The molecule has 0 unspecified atom stereocenters. The lowest BCUT2D eigenvalue weighted by molar-refractivity contribution is -0.170. The van der Waals surface area contributed by atoms with Crippen molar-refractivity contribution in [3.63, 3.8) is 0 Å². The summed E-state index contributed by atoms with van der Waals surface area (Å²) in [7, 11) is 2.30. The van der Waals surface area contributed by atoms with E-state index in [4.69, 9.17) is 20.4 Å². The Morgan fingerprint density at radius 2 is 1.80 bits per heavy atom. The quantitative estimate of drug-likeness (QED) is 0.363. The van der Waals surface area contributed by atoms with Crippen molar-refractivity contribution in [1.29, 1.82) is 0 Å². The molecule has 1 aromatic rings. The molecule has 0 aromatic heterocycles. The molecule has 9 nitrogen and oxygen atoms in total. The van der Waals surface area contributed by atoms with E-state index in [0.717, 1.165) is 24.3 Å². The first-order valence-corrected chi connectivity index (χ1v) is 12.0. The third kappa shape index (κ3) is 5.36. The van der Waals surface area contributed by atoms with Crippen molar-refractivity contribution in [2.45, 2.75) is 74.8 Å². The normalized spacial score (nSPS) is 25.3. The second-order valence-corrected chi connectivity index (χ2v) is 10.1. The maximum atomic E-state index is 10.5. The molecule has 2 aliphatic carbocycles. The van der Waals surface area contributed by atoms with Crippen molar-refractivity contribution in [3.05, 3.63) is 41.5 Å². The van der Waals surface area contributed by atoms with Gasteiger partial charge in [-0.15, -0.1) is 6.58 Å². The molecule has 4 rings (SSSR count). The second-order valence-electron chi connectivity index (χ2n) is 10.1. The van der Waals surface area contributed by atoms with Gasteiger partial charge in [0.15, 0.2) is 5.60 Å². The second kappa shape index (κ2) is 10.4. The number of carboxylic acids is 3. The summed E-state index contributed by atoms with van der Waals surface area (Å²) in [6, 6.07) is 5.08. The van der Waals surface area contributed by atoms with Crippen LogP contribution in [0.2, 0.25) is 0 Å². The summed E-state index contributed by atoms with van der Waals surface area (Å²) < 4.78 is 0. The molecule has 3 atom stereocenters. The summed E-state index contributed by atoms with van der Waals surface area (Å²) in [6.07, 6.45) is 8.19. The summed E-state index contributed by atoms with van der Waals surface area (Å²) in [5.74, 6) is -3.75. The number of fused-ring (bicyclic) bond motifs is 1. The molecule has 0 spiro atoms. The number of carboxylic acid groups (broad SMARTS) is 3. The summed E-state index contributed by atoms with van der Waals surface area (Å²) in [6.45, 7) is 5.03. The van der Waals surface area contributed by atoms with Gasteiger partial charge in [0, 0.05) is 11.5 Å². The molecule has 35 heavy (non-hydrogen) atoms. The van der Waals surface area contributed by atoms with Gasteiger partial charge in [0.05, 0.1) is 12.8 Å². The van der Waals surface area contributed by atoms with E-state index in [1.54, 1.807) is 0 Å². The average Bonchev–Trinajstić information content (AvgIpc) is 2.77. The zero-order valence-electron chi connectivity index (χ0n) is 20.1. The van der Waals surface area contributed by atoms with E-state index in [2.05, 4.69) is 30.7 Å². The third-order valence-electron chi connectivity index (χ3n) is 7.96. The highest BCUT2D eigenvalue weighted by molar-refractivity contribution is 5.88. The fourth-order valence-corrected chi connectivity index (χ4v) is 6.33. The summed E-state index contributed by atoms with van der Waals surface area (Å²) in [5, 5.41) is 44.3. The highest BCUT2D eigenvalue weighted by Gasteiger charge is 2.53. The number of aliphatic carboxylic acids is 3. The number of rotatable bonds is 7. The van der Waals surface area contributed by atoms with Gasteiger partial charge in [-0.2, -0.15) is 0 Å². The highest BCUT2D eigenvalue weighted by Crippen LogP contribution is 2.56. The van der Waals surface area contributed by atoms with E-state index in [-0.39, 0.29) is 0 Å². The van der Waals surface area contributed by atoms with Gasteiger partial charge >= 0.3 is 17.9 Å². The van der Waals surface area contributed by atoms with Crippen molar-refractivity contribution in [2.24, 2.45) is 5.92 Å². The molecule has 192 valence electrons. The standard InChI is InChI=1S/C20H27NO.C6H8O7/c1-3-6-14-11-15-12-18-16-7-4-5-8-20(16,9-10-21(18)2)17(15)13-19(14)22;7-3(8)1-6(13,5(11)12)2-4(9)10/h3,11,13,16,18,22H,1,4-10,12H2,2H3;13H,1-2H2,(H,7,8)(H,9,10)(H,11,12)/t16-,18-,20-;/m0./s1. The van der Waals surface area contributed by atoms with Gasteiger partial charge in [0.25, 0.3) is 0 Å². The predicted molar refractivity (Wildman–Crippen MR) is 127 cm³/mol. The van der Waals surface area contributed by atoms with Gasteiger partial charge < -0.3 is 30.4 Å². The van der Waals surface area contributed by atoms with Crippen LogP contribution in [0.25, 0.3) is 0 Å². The van der Waals surface area contributed by atoms with Crippen LogP contribution in [0.1, 0.15) is 61.6 Å².